The second-order valence-corrected chi connectivity index (χ2v) is 7.78. The fourth-order valence-electron chi connectivity index (χ4n) is 3.75. The standard InChI is InChI=1S/C24H23F3N4O2/c1-16-13-21(29-22(28-16)17-5-3-7-19(14-17)24(25,26)27)30-9-11-31(12-10-30)23(32)18-6-4-8-20(15-18)33-2/h3-8,13-15H,9-12H2,1-2H3. The van der Waals surface area contributed by atoms with Crippen LogP contribution in [-0.2, 0) is 6.18 Å². The molecule has 0 bridgehead atoms. The van der Waals surface area contributed by atoms with Gasteiger partial charge in [0.15, 0.2) is 5.82 Å². The van der Waals surface area contributed by atoms with Crippen LogP contribution in [0, 0.1) is 6.92 Å². The quantitative estimate of drug-likeness (QED) is 0.581. The van der Waals surface area contributed by atoms with Gasteiger partial charge in [-0.2, -0.15) is 13.2 Å². The molecule has 6 nitrogen and oxygen atoms in total. The molecule has 0 spiro atoms. The second kappa shape index (κ2) is 9.09. The van der Waals surface area contributed by atoms with Crippen LogP contribution in [0.1, 0.15) is 21.6 Å². The van der Waals surface area contributed by atoms with Gasteiger partial charge in [-0.3, -0.25) is 4.79 Å². The lowest BCUT2D eigenvalue weighted by Gasteiger charge is -2.35. The maximum Gasteiger partial charge on any atom is 0.416 e. The van der Waals surface area contributed by atoms with Crippen LogP contribution in [0.5, 0.6) is 5.75 Å². The van der Waals surface area contributed by atoms with E-state index in [1.54, 1.807) is 55.3 Å². The van der Waals surface area contributed by atoms with Crippen LogP contribution in [0.2, 0.25) is 0 Å². The summed E-state index contributed by atoms with van der Waals surface area (Å²) in [6.07, 6.45) is -4.44. The smallest absolute Gasteiger partial charge is 0.416 e. The molecular formula is C24H23F3N4O2. The van der Waals surface area contributed by atoms with Crippen LogP contribution < -0.4 is 9.64 Å². The lowest BCUT2D eigenvalue weighted by Crippen LogP contribution is -2.49. The Morgan fingerprint density at radius 3 is 2.39 bits per heavy atom. The van der Waals surface area contributed by atoms with Crippen molar-refractivity contribution < 1.29 is 22.7 Å². The molecule has 1 amide bonds. The van der Waals surface area contributed by atoms with Gasteiger partial charge in [-0.05, 0) is 37.3 Å². The predicted octanol–water partition coefficient (Wildman–Crippen LogP) is 4.44. The van der Waals surface area contributed by atoms with Gasteiger partial charge in [0.25, 0.3) is 5.91 Å². The molecular weight excluding hydrogens is 433 g/mol. The van der Waals surface area contributed by atoms with Crippen LogP contribution in [0.25, 0.3) is 11.4 Å². The summed E-state index contributed by atoms with van der Waals surface area (Å²) in [5.41, 5.74) is 0.785. The maximum absolute atomic E-state index is 13.1. The van der Waals surface area contributed by atoms with Crippen LogP contribution in [0.4, 0.5) is 19.0 Å². The highest BCUT2D eigenvalue weighted by atomic mass is 19.4. The molecule has 1 fully saturated rings. The fourth-order valence-corrected chi connectivity index (χ4v) is 3.75. The summed E-state index contributed by atoms with van der Waals surface area (Å²) < 4.78 is 44.5. The third-order valence-electron chi connectivity index (χ3n) is 5.50. The average molecular weight is 456 g/mol. The van der Waals surface area contributed by atoms with E-state index in [9.17, 15) is 18.0 Å². The molecule has 1 saturated heterocycles. The first-order valence-electron chi connectivity index (χ1n) is 10.5. The van der Waals surface area contributed by atoms with Crippen LogP contribution in [0.3, 0.4) is 0 Å². The molecule has 0 radical (unpaired) electrons. The van der Waals surface area contributed by atoms with Crippen molar-refractivity contribution in [3.8, 4) is 17.1 Å². The fraction of sp³-hybridized carbons (Fsp3) is 0.292. The Morgan fingerprint density at radius 1 is 0.970 bits per heavy atom. The average Bonchev–Trinajstić information content (AvgIpc) is 2.83. The number of hydrogen-bond donors (Lipinski definition) is 0. The molecule has 9 heteroatoms. The largest absolute Gasteiger partial charge is 0.497 e. The highest BCUT2D eigenvalue weighted by Crippen LogP contribution is 2.32. The van der Waals surface area contributed by atoms with Crippen molar-refractivity contribution in [1.82, 2.24) is 14.9 Å². The molecule has 0 atom stereocenters. The van der Waals surface area contributed by atoms with E-state index in [1.807, 2.05) is 4.90 Å². The molecule has 0 N–H and O–H groups in total. The number of amides is 1. The van der Waals surface area contributed by atoms with Gasteiger partial charge in [0.2, 0.25) is 0 Å². The Kier molecular flexibility index (Phi) is 6.22. The van der Waals surface area contributed by atoms with Crippen LogP contribution >= 0.6 is 0 Å². The van der Waals surface area contributed by atoms with Crippen LogP contribution in [0.15, 0.2) is 54.6 Å². The molecule has 3 aromatic rings. The Balaban J connectivity index is 1.50. The zero-order valence-corrected chi connectivity index (χ0v) is 18.3. The van der Waals surface area contributed by atoms with E-state index in [2.05, 4.69) is 9.97 Å². The number of piperazine rings is 1. The minimum absolute atomic E-state index is 0.0722. The lowest BCUT2D eigenvalue weighted by atomic mass is 10.1. The molecule has 0 aliphatic carbocycles. The van der Waals surface area contributed by atoms with E-state index in [1.165, 1.54) is 6.07 Å². The van der Waals surface area contributed by atoms with E-state index >= 15 is 0 Å². The minimum atomic E-state index is -4.44. The van der Waals surface area contributed by atoms with Gasteiger partial charge in [0, 0.05) is 49.1 Å². The summed E-state index contributed by atoms with van der Waals surface area (Å²) in [5, 5.41) is 0. The van der Waals surface area contributed by atoms with Crippen molar-refractivity contribution >= 4 is 11.7 Å². The van der Waals surface area contributed by atoms with Crippen molar-refractivity contribution in [2.75, 3.05) is 38.2 Å². The molecule has 1 aliphatic rings. The first-order chi connectivity index (χ1) is 15.7. The summed E-state index contributed by atoms with van der Waals surface area (Å²) in [5.74, 6) is 1.42. The Hall–Kier alpha value is -3.62. The van der Waals surface area contributed by atoms with E-state index in [0.29, 0.717) is 54.6 Å². The number of carbonyl (C=O) groups is 1. The molecule has 1 aromatic heterocycles. The molecule has 0 unspecified atom stereocenters. The molecule has 33 heavy (non-hydrogen) atoms. The number of benzene rings is 2. The first kappa shape index (κ1) is 22.6. The van der Waals surface area contributed by atoms with E-state index in [0.717, 1.165) is 12.1 Å². The molecule has 1 aliphatic heterocycles. The van der Waals surface area contributed by atoms with Crippen molar-refractivity contribution in [2.45, 2.75) is 13.1 Å². The van der Waals surface area contributed by atoms with Gasteiger partial charge in [0.05, 0.1) is 12.7 Å². The first-order valence-corrected chi connectivity index (χ1v) is 10.5. The van der Waals surface area contributed by atoms with Crippen molar-refractivity contribution in [3.63, 3.8) is 0 Å². The number of methoxy groups -OCH3 is 1. The van der Waals surface area contributed by atoms with Crippen molar-refractivity contribution in [1.29, 1.82) is 0 Å². The summed E-state index contributed by atoms with van der Waals surface area (Å²) >= 11 is 0. The van der Waals surface area contributed by atoms with Crippen LogP contribution in [-0.4, -0.2) is 54.1 Å². The summed E-state index contributed by atoms with van der Waals surface area (Å²) in [6, 6.07) is 13.8. The summed E-state index contributed by atoms with van der Waals surface area (Å²) in [4.78, 5) is 25.5. The van der Waals surface area contributed by atoms with Crippen molar-refractivity contribution in [3.05, 3.63) is 71.4 Å². The van der Waals surface area contributed by atoms with Gasteiger partial charge in [-0.15, -0.1) is 0 Å². The third kappa shape index (κ3) is 5.08. The zero-order chi connectivity index (χ0) is 23.6. The van der Waals surface area contributed by atoms with Gasteiger partial charge in [-0.25, -0.2) is 9.97 Å². The SMILES string of the molecule is COc1cccc(C(=O)N2CCN(c3cc(C)nc(-c4cccc(C(F)(F)F)c4)n3)CC2)c1. The number of halogens is 3. The Labute approximate surface area is 189 Å². The van der Waals surface area contributed by atoms with E-state index in [-0.39, 0.29) is 11.7 Å². The topological polar surface area (TPSA) is 58.6 Å². The molecule has 4 rings (SSSR count). The van der Waals surface area contributed by atoms with Crippen molar-refractivity contribution in [2.24, 2.45) is 0 Å². The number of rotatable bonds is 4. The summed E-state index contributed by atoms with van der Waals surface area (Å²) in [7, 11) is 1.56. The monoisotopic (exact) mass is 456 g/mol. The number of hydrogen-bond acceptors (Lipinski definition) is 5. The number of aromatic nitrogens is 2. The normalized spacial score (nSPS) is 14.3. The maximum atomic E-state index is 13.1. The van der Waals surface area contributed by atoms with Gasteiger partial charge in [-0.1, -0.05) is 18.2 Å². The number of carbonyl (C=O) groups excluding carboxylic acids is 1. The third-order valence-corrected chi connectivity index (χ3v) is 5.50. The molecule has 2 heterocycles. The van der Waals surface area contributed by atoms with Gasteiger partial charge >= 0.3 is 6.18 Å². The zero-order valence-electron chi connectivity index (χ0n) is 18.3. The second-order valence-electron chi connectivity index (χ2n) is 7.78. The van der Waals surface area contributed by atoms with E-state index < -0.39 is 11.7 Å². The lowest BCUT2D eigenvalue weighted by molar-refractivity contribution is -0.137. The molecule has 0 saturated carbocycles. The highest BCUT2D eigenvalue weighted by molar-refractivity contribution is 5.94. The highest BCUT2D eigenvalue weighted by Gasteiger charge is 2.31. The minimum Gasteiger partial charge on any atom is -0.497 e. The Morgan fingerprint density at radius 2 is 1.70 bits per heavy atom. The number of anilines is 1. The molecule has 172 valence electrons. The number of ether oxygens (including phenoxy) is 1. The van der Waals surface area contributed by atoms with E-state index in [4.69, 9.17) is 4.74 Å². The van der Waals surface area contributed by atoms with Gasteiger partial charge in [0.1, 0.15) is 11.6 Å². The molecule has 2 aromatic carbocycles. The predicted molar refractivity (Wildman–Crippen MR) is 118 cm³/mol. The summed E-state index contributed by atoms with van der Waals surface area (Å²) in [6.45, 7) is 3.88. The number of alkyl halides is 3. The number of nitrogens with zero attached hydrogens (tertiary/aromatic N) is 4. The van der Waals surface area contributed by atoms with Gasteiger partial charge < -0.3 is 14.5 Å². The number of aryl methyl sites for hydroxylation is 1. The Bertz CT molecular complexity index is 1160.